The standard InChI is InChI=1S/C16H22N6OS/c1-2-14(15(23)17-12-8-10-24-11-9-12)18-16-19-20-21-22(16)13-6-4-3-5-7-13/h3-7,12,14H,2,8-11H2,1H3,(H,17,23)(H,18,19,21)/t14-/m1/s1. The van der Waals surface area contributed by atoms with Crippen molar-refractivity contribution in [2.45, 2.75) is 38.3 Å². The summed E-state index contributed by atoms with van der Waals surface area (Å²) >= 11 is 1.95. The Bertz CT molecular complexity index is 656. The van der Waals surface area contributed by atoms with Crippen molar-refractivity contribution >= 4 is 23.6 Å². The van der Waals surface area contributed by atoms with E-state index in [0.29, 0.717) is 12.4 Å². The normalized spacial score (nSPS) is 16.5. The summed E-state index contributed by atoms with van der Waals surface area (Å²) in [6, 6.07) is 9.54. The fraction of sp³-hybridized carbons (Fsp3) is 0.500. The Morgan fingerprint density at radius 1 is 1.33 bits per heavy atom. The van der Waals surface area contributed by atoms with Gasteiger partial charge in [0.2, 0.25) is 11.9 Å². The molecule has 8 heteroatoms. The Morgan fingerprint density at radius 3 is 2.79 bits per heavy atom. The van der Waals surface area contributed by atoms with Gasteiger partial charge in [0.15, 0.2) is 0 Å². The average Bonchev–Trinajstić information content (AvgIpc) is 3.09. The molecule has 24 heavy (non-hydrogen) atoms. The minimum Gasteiger partial charge on any atom is -0.352 e. The molecule has 0 bridgehead atoms. The number of rotatable bonds is 6. The van der Waals surface area contributed by atoms with Crippen LogP contribution in [0.15, 0.2) is 30.3 Å². The lowest BCUT2D eigenvalue weighted by molar-refractivity contribution is -0.122. The molecule has 1 aliphatic rings. The average molecular weight is 346 g/mol. The molecule has 128 valence electrons. The van der Waals surface area contributed by atoms with Crippen molar-refractivity contribution in [3.8, 4) is 5.69 Å². The molecule has 2 N–H and O–H groups in total. The summed E-state index contributed by atoms with van der Waals surface area (Å²) in [5, 5.41) is 18.1. The maximum Gasteiger partial charge on any atom is 0.248 e. The molecular weight excluding hydrogens is 324 g/mol. The number of anilines is 1. The predicted molar refractivity (Wildman–Crippen MR) is 95.3 cm³/mol. The van der Waals surface area contributed by atoms with E-state index in [4.69, 9.17) is 0 Å². The highest BCUT2D eigenvalue weighted by molar-refractivity contribution is 7.99. The second-order valence-electron chi connectivity index (χ2n) is 5.75. The fourth-order valence-corrected chi connectivity index (χ4v) is 3.78. The second kappa shape index (κ2) is 8.14. The third kappa shape index (κ3) is 4.05. The van der Waals surface area contributed by atoms with Crippen LogP contribution in [0.1, 0.15) is 26.2 Å². The van der Waals surface area contributed by atoms with Gasteiger partial charge in [-0.25, -0.2) is 0 Å². The van der Waals surface area contributed by atoms with Gasteiger partial charge in [0, 0.05) is 6.04 Å². The first-order valence-corrected chi connectivity index (χ1v) is 9.42. The lowest BCUT2D eigenvalue weighted by Gasteiger charge is -2.25. The van der Waals surface area contributed by atoms with E-state index in [0.717, 1.165) is 30.0 Å². The zero-order chi connectivity index (χ0) is 16.8. The predicted octanol–water partition coefficient (Wildman–Crippen LogP) is 1.86. The highest BCUT2D eigenvalue weighted by Crippen LogP contribution is 2.17. The quantitative estimate of drug-likeness (QED) is 0.830. The van der Waals surface area contributed by atoms with E-state index in [-0.39, 0.29) is 18.0 Å². The van der Waals surface area contributed by atoms with Crippen LogP contribution < -0.4 is 10.6 Å². The van der Waals surface area contributed by atoms with Gasteiger partial charge in [0.05, 0.1) is 5.69 Å². The topological polar surface area (TPSA) is 84.7 Å². The molecule has 1 aromatic carbocycles. The molecule has 0 radical (unpaired) electrons. The Labute approximate surface area is 145 Å². The van der Waals surface area contributed by atoms with Gasteiger partial charge in [-0.3, -0.25) is 4.79 Å². The lowest BCUT2D eigenvalue weighted by Crippen LogP contribution is -2.45. The molecule has 1 aromatic heterocycles. The highest BCUT2D eigenvalue weighted by atomic mass is 32.2. The molecule has 1 fully saturated rings. The largest absolute Gasteiger partial charge is 0.352 e. The maximum absolute atomic E-state index is 12.6. The molecule has 7 nitrogen and oxygen atoms in total. The van der Waals surface area contributed by atoms with Crippen molar-refractivity contribution < 1.29 is 4.79 Å². The lowest BCUT2D eigenvalue weighted by atomic mass is 10.1. The number of carbonyl (C=O) groups is 1. The van der Waals surface area contributed by atoms with Gasteiger partial charge in [0.25, 0.3) is 0 Å². The number of aromatic nitrogens is 4. The third-order valence-electron chi connectivity index (χ3n) is 4.07. The van der Waals surface area contributed by atoms with Crippen LogP contribution >= 0.6 is 11.8 Å². The van der Waals surface area contributed by atoms with Crippen LogP contribution in [0.3, 0.4) is 0 Å². The van der Waals surface area contributed by atoms with Crippen LogP contribution in [0.5, 0.6) is 0 Å². The number of para-hydroxylation sites is 1. The molecule has 1 saturated heterocycles. The van der Waals surface area contributed by atoms with Crippen molar-refractivity contribution in [2.75, 3.05) is 16.8 Å². The number of tetrazole rings is 1. The number of carbonyl (C=O) groups excluding carboxylic acids is 1. The number of benzene rings is 1. The zero-order valence-electron chi connectivity index (χ0n) is 13.7. The van der Waals surface area contributed by atoms with Crippen molar-refractivity contribution in [1.82, 2.24) is 25.5 Å². The number of amides is 1. The van der Waals surface area contributed by atoms with Crippen LogP contribution in [0.25, 0.3) is 5.69 Å². The zero-order valence-corrected chi connectivity index (χ0v) is 14.5. The molecule has 0 saturated carbocycles. The first-order valence-electron chi connectivity index (χ1n) is 8.26. The Hall–Kier alpha value is -2.09. The van der Waals surface area contributed by atoms with E-state index in [1.54, 1.807) is 4.68 Å². The minimum absolute atomic E-state index is 0.0111. The SMILES string of the molecule is CC[C@@H](Nc1nnnn1-c1ccccc1)C(=O)NC1CCSCC1. The molecule has 2 heterocycles. The van der Waals surface area contributed by atoms with E-state index in [1.165, 1.54) is 0 Å². The molecule has 3 rings (SSSR count). The number of nitrogens with one attached hydrogen (secondary N) is 2. The molecule has 0 spiro atoms. The van der Waals surface area contributed by atoms with Crippen LogP contribution in [0.2, 0.25) is 0 Å². The van der Waals surface area contributed by atoms with Gasteiger partial charge in [-0.1, -0.05) is 30.2 Å². The van der Waals surface area contributed by atoms with Gasteiger partial charge in [-0.2, -0.15) is 16.4 Å². The molecule has 2 aromatic rings. The minimum atomic E-state index is -0.354. The summed E-state index contributed by atoms with van der Waals surface area (Å²) in [7, 11) is 0. The number of hydrogen-bond acceptors (Lipinski definition) is 6. The van der Waals surface area contributed by atoms with Crippen LogP contribution in [-0.2, 0) is 4.79 Å². The van der Waals surface area contributed by atoms with E-state index in [1.807, 2.05) is 49.0 Å². The van der Waals surface area contributed by atoms with Gasteiger partial charge in [0.1, 0.15) is 6.04 Å². The Balaban J connectivity index is 1.67. The van der Waals surface area contributed by atoms with Crippen LogP contribution in [-0.4, -0.2) is 49.7 Å². The Kier molecular flexibility index (Phi) is 5.68. The van der Waals surface area contributed by atoms with Gasteiger partial charge < -0.3 is 10.6 Å². The van der Waals surface area contributed by atoms with E-state index in [9.17, 15) is 4.79 Å². The Morgan fingerprint density at radius 2 is 2.08 bits per heavy atom. The van der Waals surface area contributed by atoms with Crippen molar-refractivity contribution in [3.05, 3.63) is 30.3 Å². The molecule has 1 amide bonds. The number of thioether (sulfide) groups is 1. The van der Waals surface area contributed by atoms with E-state index >= 15 is 0 Å². The molecular formula is C16H22N6OS. The first-order chi connectivity index (χ1) is 11.8. The summed E-state index contributed by atoms with van der Waals surface area (Å²) in [5.41, 5.74) is 0.851. The summed E-state index contributed by atoms with van der Waals surface area (Å²) in [5.74, 6) is 2.71. The summed E-state index contributed by atoms with van der Waals surface area (Å²) in [6.45, 7) is 1.98. The molecule has 0 aliphatic carbocycles. The molecule has 1 atom stereocenters. The first kappa shape index (κ1) is 16.8. The molecule has 1 aliphatic heterocycles. The van der Waals surface area contributed by atoms with Crippen LogP contribution in [0, 0.1) is 0 Å². The summed E-state index contributed by atoms with van der Waals surface area (Å²) < 4.78 is 1.60. The van der Waals surface area contributed by atoms with E-state index in [2.05, 4.69) is 26.2 Å². The fourth-order valence-electron chi connectivity index (χ4n) is 2.67. The van der Waals surface area contributed by atoms with Crippen molar-refractivity contribution in [1.29, 1.82) is 0 Å². The summed E-state index contributed by atoms with van der Waals surface area (Å²) in [4.78, 5) is 12.6. The number of hydrogen-bond donors (Lipinski definition) is 2. The summed E-state index contributed by atoms with van der Waals surface area (Å²) in [6.07, 6.45) is 2.73. The maximum atomic E-state index is 12.6. The third-order valence-corrected chi connectivity index (χ3v) is 5.11. The van der Waals surface area contributed by atoms with Crippen LogP contribution in [0.4, 0.5) is 5.95 Å². The second-order valence-corrected chi connectivity index (χ2v) is 6.97. The highest BCUT2D eigenvalue weighted by Gasteiger charge is 2.23. The van der Waals surface area contributed by atoms with Gasteiger partial charge in [-0.15, -0.1) is 0 Å². The van der Waals surface area contributed by atoms with Gasteiger partial charge in [-0.05, 0) is 53.3 Å². The van der Waals surface area contributed by atoms with Crippen molar-refractivity contribution in [2.24, 2.45) is 0 Å². The monoisotopic (exact) mass is 346 g/mol. The number of nitrogens with zero attached hydrogens (tertiary/aromatic N) is 4. The van der Waals surface area contributed by atoms with Gasteiger partial charge >= 0.3 is 0 Å². The molecule has 0 unspecified atom stereocenters. The smallest absolute Gasteiger partial charge is 0.248 e. The van der Waals surface area contributed by atoms with E-state index < -0.39 is 0 Å². The van der Waals surface area contributed by atoms with Crippen molar-refractivity contribution in [3.63, 3.8) is 0 Å².